The van der Waals surface area contributed by atoms with Gasteiger partial charge in [-0.3, -0.25) is 9.59 Å². The third kappa shape index (κ3) is 7.69. The molecule has 0 unspecified atom stereocenters. The number of thioether (sulfide) groups is 1. The van der Waals surface area contributed by atoms with Crippen LogP contribution in [0.2, 0.25) is 5.02 Å². The summed E-state index contributed by atoms with van der Waals surface area (Å²) in [5, 5.41) is 3.63. The average Bonchev–Trinajstić information content (AvgIpc) is 2.72. The standard InChI is InChI=1S/C24H31ClN2O2S/c1-5-18(3)26-24(29)19(4)27(14-20-9-11-22(25)12-10-20)23(28)16-30-15-21-8-6-7-17(2)13-21/h6-13,18-19H,5,14-16H2,1-4H3,(H,26,29)/t18-,19+/m0/s1. The Kier molecular flexibility index (Phi) is 9.73. The second-order valence-electron chi connectivity index (χ2n) is 7.62. The van der Waals surface area contributed by atoms with Crippen molar-refractivity contribution in [3.05, 3.63) is 70.2 Å². The summed E-state index contributed by atoms with van der Waals surface area (Å²) in [5.41, 5.74) is 3.35. The highest BCUT2D eigenvalue weighted by Crippen LogP contribution is 2.18. The van der Waals surface area contributed by atoms with Crippen LogP contribution in [0.1, 0.15) is 43.9 Å². The minimum absolute atomic E-state index is 0.0468. The fourth-order valence-corrected chi connectivity index (χ4v) is 3.96. The summed E-state index contributed by atoms with van der Waals surface area (Å²) < 4.78 is 0. The van der Waals surface area contributed by atoms with E-state index >= 15 is 0 Å². The molecule has 0 aliphatic rings. The van der Waals surface area contributed by atoms with Gasteiger partial charge in [0, 0.05) is 23.4 Å². The van der Waals surface area contributed by atoms with Gasteiger partial charge in [-0.25, -0.2) is 0 Å². The fraction of sp³-hybridized carbons (Fsp3) is 0.417. The molecule has 0 aromatic heterocycles. The molecule has 2 amide bonds. The lowest BCUT2D eigenvalue weighted by Crippen LogP contribution is -2.50. The summed E-state index contributed by atoms with van der Waals surface area (Å²) in [7, 11) is 0. The first-order valence-electron chi connectivity index (χ1n) is 10.3. The lowest BCUT2D eigenvalue weighted by Gasteiger charge is -2.29. The second kappa shape index (κ2) is 12.0. The molecular weight excluding hydrogens is 416 g/mol. The van der Waals surface area contributed by atoms with E-state index in [4.69, 9.17) is 11.6 Å². The third-order valence-corrected chi connectivity index (χ3v) is 6.25. The zero-order chi connectivity index (χ0) is 22.1. The summed E-state index contributed by atoms with van der Waals surface area (Å²) in [5.74, 6) is 0.905. The van der Waals surface area contributed by atoms with Gasteiger partial charge in [0.1, 0.15) is 6.04 Å². The van der Waals surface area contributed by atoms with E-state index in [0.717, 1.165) is 17.7 Å². The lowest BCUT2D eigenvalue weighted by molar-refractivity contribution is -0.138. The van der Waals surface area contributed by atoms with E-state index in [-0.39, 0.29) is 17.9 Å². The Bertz CT molecular complexity index is 841. The Balaban J connectivity index is 2.07. The quantitative estimate of drug-likeness (QED) is 0.544. The Hall–Kier alpha value is -1.98. The van der Waals surface area contributed by atoms with Gasteiger partial charge in [-0.1, -0.05) is 60.5 Å². The van der Waals surface area contributed by atoms with E-state index in [1.165, 1.54) is 11.1 Å². The van der Waals surface area contributed by atoms with Crippen molar-refractivity contribution in [1.29, 1.82) is 0 Å². The molecule has 2 atom stereocenters. The molecular formula is C24H31ClN2O2S. The zero-order valence-corrected chi connectivity index (χ0v) is 19.7. The van der Waals surface area contributed by atoms with Gasteiger partial charge in [-0.05, 0) is 50.5 Å². The molecule has 2 aromatic rings. The first-order valence-corrected chi connectivity index (χ1v) is 11.8. The van der Waals surface area contributed by atoms with Crippen molar-refractivity contribution in [3.8, 4) is 0 Å². The molecule has 162 valence electrons. The fourth-order valence-electron chi connectivity index (χ4n) is 2.98. The van der Waals surface area contributed by atoms with Crippen molar-refractivity contribution in [3.63, 3.8) is 0 Å². The number of amides is 2. The Labute approximate surface area is 189 Å². The van der Waals surface area contributed by atoms with Crippen LogP contribution in [0.5, 0.6) is 0 Å². The number of nitrogens with one attached hydrogen (secondary N) is 1. The van der Waals surface area contributed by atoms with E-state index in [1.54, 1.807) is 35.7 Å². The molecule has 6 heteroatoms. The monoisotopic (exact) mass is 446 g/mol. The minimum atomic E-state index is -0.554. The molecule has 0 spiro atoms. The van der Waals surface area contributed by atoms with Crippen LogP contribution in [-0.4, -0.2) is 34.6 Å². The molecule has 0 heterocycles. The number of hydrogen-bond acceptors (Lipinski definition) is 3. The number of carbonyl (C=O) groups is 2. The molecule has 2 aromatic carbocycles. The van der Waals surface area contributed by atoms with Crippen LogP contribution < -0.4 is 5.32 Å². The molecule has 0 saturated carbocycles. The first kappa shape index (κ1) is 24.3. The number of hydrogen-bond donors (Lipinski definition) is 1. The number of rotatable bonds is 10. The van der Waals surface area contributed by atoms with E-state index in [2.05, 4.69) is 30.4 Å². The maximum atomic E-state index is 13.1. The van der Waals surface area contributed by atoms with Crippen LogP contribution in [0.3, 0.4) is 0 Å². The van der Waals surface area contributed by atoms with Crippen molar-refractivity contribution in [2.45, 2.75) is 58.5 Å². The number of halogens is 1. The van der Waals surface area contributed by atoms with Crippen LogP contribution >= 0.6 is 23.4 Å². The van der Waals surface area contributed by atoms with Gasteiger partial charge in [0.05, 0.1) is 5.75 Å². The van der Waals surface area contributed by atoms with Gasteiger partial charge in [0.15, 0.2) is 0 Å². The molecule has 0 aliphatic carbocycles. The largest absolute Gasteiger partial charge is 0.352 e. The van der Waals surface area contributed by atoms with E-state index in [9.17, 15) is 9.59 Å². The van der Waals surface area contributed by atoms with Crippen molar-refractivity contribution >= 4 is 35.2 Å². The van der Waals surface area contributed by atoms with Crippen LogP contribution in [0.15, 0.2) is 48.5 Å². The summed E-state index contributed by atoms with van der Waals surface area (Å²) in [6, 6.07) is 15.2. The summed E-state index contributed by atoms with van der Waals surface area (Å²) in [6.45, 7) is 8.21. The molecule has 0 aliphatic heterocycles. The van der Waals surface area contributed by atoms with Gasteiger partial charge in [-0.2, -0.15) is 0 Å². The topological polar surface area (TPSA) is 49.4 Å². The molecule has 0 fully saturated rings. The Morgan fingerprint density at radius 3 is 2.43 bits per heavy atom. The first-order chi connectivity index (χ1) is 14.3. The smallest absolute Gasteiger partial charge is 0.242 e. The third-order valence-electron chi connectivity index (χ3n) is 5.01. The van der Waals surface area contributed by atoms with Gasteiger partial charge < -0.3 is 10.2 Å². The molecule has 30 heavy (non-hydrogen) atoms. The van der Waals surface area contributed by atoms with Gasteiger partial charge in [0.25, 0.3) is 0 Å². The van der Waals surface area contributed by atoms with Crippen LogP contribution in [0.4, 0.5) is 0 Å². The second-order valence-corrected chi connectivity index (χ2v) is 9.05. The maximum Gasteiger partial charge on any atom is 0.242 e. The summed E-state index contributed by atoms with van der Waals surface area (Å²) in [6.07, 6.45) is 0.843. The minimum Gasteiger partial charge on any atom is -0.352 e. The van der Waals surface area contributed by atoms with Gasteiger partial charge in [0.2, 0.25) is 11.8 Å². The van der Waals surface area contributed by atoms with E-state index in [1.807, 2.05) is 32.0 Å². The van der Waals surface area contributed by atoms with Crippen LogP contribution in [0, 0.1) is 6.92 Å². The SMILES string of the molecule is CC[C@H](C)NC(=O)[C@@H](C)N(Cc1ccc(Cl)cc1)C(=O)CSCc1cccc(C)c1. The van der Waals surface area contributed by atoms with Crippen LogP contribution in [0.25, 0.3) is 0 Å². The number of carbonyl (C=O) groups excluding carboxylic acids is 2. The molecule has 4 nitrogen and oxygen atoms in total. The normalized spacial score (nSPS) is 12.8. The van der Waals surface area contributed by atoms with E-state index in [0.29, 0.717) is 17.3 Å². The van der Waals surface area contributed by atoms with Crippen molar-refractivity contribution in [2.75, 3.05) is 5.75 Å². The summed E-state index contributed by atoms with van der Waals surface area (Å²) in [4.78, 5) is 27.4. The zero-order valence-electron chi connectivity index (χ0n) is 18.2. The highest BCUT2D eigenvalue weighted by atomic mass is 35.5. The Morgan fingerprint density at radius 1 is 1.10 bits per heavy atom. The number of aryl methyl sites for hydroxylation is 1. The van der Waals surface area contributed by atoms with E-state index < -0.39 is 6.04 Å². The predicted molar refractivity (Wildman–Crippen MR) is 127 cm³/mol. The number of nitrogens with zero attached hydrogens (tertiary/aromatic N) is 1. The molecule has 0 saturated heterocycles. The average molecular weight is 447 g/mol. The predicted octanol–water partition coefficient (Wildman–Crippen LogP) is 5.21. The molecule has 1 N–H and O–H groups in total. The molecule has 0 radical (unpaired) electrons. The van der Waals surface area contributed by atoms with Gasteiger partial charge >= 0.3 is 0 Å². The number of benzene rings is 2. The summed E-state index contributed by atoms with van der Waals surface area (Å²) >= 11 is 7.55. The van der Waals surface area contributed by atoms with Crippen LogP contribution in [-0.2, 0) is 21.9 Å². The lowest BCUT2D eigenvalue weighted by atomic mass is 10.1. The molecule has 0 bridgehead atoms. The van der Waals surface area contributed by atoms with Crippen molar-refractivity contribution < 1.29 is 9.59 Å². The van der Waals surface area contributed by atoms with Crippen molar-refractivity contribution in [2.24, 2.45) is 0 Å². The maximum absolute atomic E-state index is 13.1. The van der Waals surface area contributed by atoms with Gasteiger partial charge in [-0.15, -0.1) is 11.8 Å². The highest BCUT2D eigenvalue weighted by Gasteiger charge is 2.26. The highest BCUT2D eigenvalue weighted by molar-refractivity contribution is 7.99. The van der Waals surface area contributed by atoms with Crippen molar-refractivity contribution in [1.82, 2.24) is 10.2 Å². The Morgan fingerprint density at radius 2 is 1.80 bits per heavy atom. The molecule has 2 rings (SSSR count).